The van der Waals surface area contributed by atoms with Crippen LogP contribution in [-0.2, 0) is 23.9 Å². The Labute approximate surface area is 195 Å². The van der Waals surface area contributed by atoms with Gasteiger partial charge in [0.2, 0.25) is 11.8 Å². The highest BCUT2D eigenvalue weighted by molar-refractivity contribution is 5.99. The molecule has 8 heteroatoms. The van der Waals surface area contributed by atoms with Crippen molar-refractivity contribution in [1.29, 1.82) is 0 Å². The van der Waals surface area contributed by atoms with Gasteiger partial charge in [0, 0.05) is 25.7 Å². The van der Waals surface area contributed by atoms with Gasteiger partial charge in [0.05, 0.1) is 18.1 Å². The SMILES string of the molecule is CC(C)N1CC=C[C@]23O[C@]4(C)C=CCCOC(=O)[C@@H]4[C@H]2C(=O)N(CCCCCCO)C3C1=O. The fourth-order valence-corrected chi connectivity index (χ4v) is 5.96. The maximum absolute atomic E-state index is 13.9. The first-order valence-electron chi connectivity index (χ1n) is 12.2. The average Bonchev–Trinajstić information content (AvgIpc) is 3.06. The van der Waals surface area contributed by atoms with Gasteiger partial charge < -0.3 is 24.4 Å². The lowest BCUT2D eigenvalue weighted by atomic mass is 9.74. The van der Waals surface area contributed by atoms with E-state index < -0.39 is 35.0 Å². The van der Waals surface area contributed by atoms with E-state index in [1.807, 2.05) is 45.1 Å². The molecule has 0 radical (unpaired) electrons. The highest BCUT2D eigenvalue weighted by atomic mass is 16.6. The molecule has 2 saturated heterocycles. The summed E-state index contributed by atoms with van der Waals surface area (Å²) in [6.45, 7) is 7.00. The summed E-state index contributed by atoms with van der Waals surface area (Å²) in [4.78, 5) is 44.3. The van der Waals surface area contributed by atoms with Crippen LogP contribution in [0.3, 0.4) is 0 Å². The van der Waals surface area contributed by atoms with Crippen molar-refractivity contribution in [2.75, 3.05) is 26.3 Å². The van der Waals surface area contributed by atoms with E-state index in [-0.39, 0.29) is 31.1 Å². The van der Waals surface area contributed by atoms with E-state index in [2.05, 4.69) is 0 Å². The molecule has 0 aromatic heterocycles. The summed E-state index contributed by atoms with van der Waals surface area (Å²) in [5.41, 5.74) is -2.24. The minimum atomic E-state index is -1.21. The molecule has 4 rings (SSSR count). The molecule has 0 saturated carbocycles. The van der Waals surface area contributed by atoms with E-state index in [1.165, 1.54) is 0 Å². The Bertz CT molecular complexity index is 854. The van der Waals surface area contributed by atoms with Crippen LogP contribution in [0.25, 0.3) is 0 Å². The van der Waals surface area contributed by atoms with Gasteiger partial charge in [-0.15, -0.1) is 0 Å². The molecule has 1 unspecified atom stereocenters. The molecule has 4 aliphatic rings. The summed E-state index contributed by atoms with van der Waals surface area (Å²) in [7, 11) is 0. The molecule has 0 aliphatic carbocycles. The predicted molar refractivity (Wildman–Crippen MR) is 121 cm³/mol. The van der Waals surface area contributed by atoms with Gasteiger partial charge >= 0.3 is 5.97 Å². The van der Waals surface area contributed by atoms with Gasteiger partial charge in [-0.2, -0.15) is 0 Å². The van der Waals surface area contributed by atoms with Crippen molar-refractivity contribution in [3.8, 4) is 0 Å². The highest BCUT2D eigenvalue weighted by Crippen LogP contribution is 2.57. The van der Waals surface area contributed by atoms with Gasteiger partial charge in [-0.05, 0) is 40.0 Å². The van der Waals surface area contributed by atoms with Crippen LogP contribution in [0.2, 0.25) is 0 Å². The Hall–Kier alpha value is -2.19. The number of hydrogen-bond donors (Lipinski definition) is 1. The van der Waals surface area contributed by atoms with E-state index >= 15 is 0 Å². The molecule has 0 bridgehead atoms. The second kappa shape index (κ2) is 9.22. The largest absolute Gasteiger partial charge is 0.465 e. The van der Waals surface area contributed by atoms with Crippen LogP contribution < -0.4 is 0 Å². The quantitative estimate of drug-likeness (QED) is 0.354. The number of amides is 2. The molecule has 8 nitrogen and oxygen atoms in total. The van der Waals surface area contributed by atoms with E-state index in [4.69, 9.17) is 14.6 Å². The van der Waals surface area contributed by atoms with Crippen LogP contribution in [0.5, 0.6) is 0 Å². The predicted octanol–water partition coefficient (Wildman–Crippen LogP) is 1.82. The number of ether oxygens (including phenoxy) is 2. The number of aliphatic hydroxyl groups excluding tert-OH is 1. The lowest BCUT2D eigenvalue weighted by Crippen LogP contribution is -2.57. The monoisotopic (exact) mass is 460 g/mol. The average molecular weight is 461 g/mol. The number of cyclic esters (lactones) is 1. The molecule has 1 spiro atoms. The Balaban J connectivity index is 1.75. The molecular weight excluding hydrogens is 424 g/mol. The summed E-state index contributed by atoms with van der Waals surface area (Å²) in [5, 5.41) is 9.04. The van der Waals surface area contributed by atoms with Crippen molar-refractivity contribution in [1.82, 2.24) is 9.80 Å². The van der Waals surface area contributed by atoms with Gasteiger partial charge in [-0.3, -0.25) is 14.4 Å². The summed E-state index contributed by atoms with van der Waals surface area (Å²) in [5.74, 6) is -2.42. The van der Waals surface area contributed by atoms with Crippen molar-refractivity contribution >= 4 is 17.8 Å². The molecule has 2 amide bonds. The number of unbranched alkanes of at least 4 members (excludes halogenated alkanes) is 3. The topological polar surface area (TPSA) is 96.4 Å². The maximum atomic E-state index is 13.9. The van der Waals surface area contributed by atoms with Crippen molar-refractivity contribution in [3.05, 3.63) is 24.3 Å². The van der Waals surface area contributed by atoms with Gasteiger partial charge in [-0.25, -0.2) is 0 Å². The zero-order chi connectivity index (χ0) is 23.8. The minimum Gasteiger partial charge on any atom is -0.465 e. The van der Waals surface area contributed by atoms with Crippen molar-refractivity contribution in [2.24, 2.45) is 11.8 Å². The smallest absolute Gasteiger partial charge is 0.313 e. The number of aliphatic hydroxyl groups is 1. The third-order valence-corrected chi connectivity index (χ3v) is 7.48. The molecule has 5 atom stereocenters. The van der Waals surface area contributed by atoms with E-state index in [0.717, 1.165) is 19.3 Å². The number of esters is 1. The third kappa shape index (κ3) is 3.91. The number of carbonyl (C=O) groups is 3. The molecule has 1 N–H and O–H groups in total. The van der Waals surface area contributed by atoms with Gasteiger partial charge in [0.25, 0.3) is 0 Å². The zero-order valence-electron chi connectivity index (χ0n) is 19.9. The number of rotatable bonds is 7. The standard InChI is InChI=1S/C25H36N2O6/c1-17(2)26-14-10-12-25-18(19-23(31)32-16-9-6-11-24(19,3)33-25)21(29)27(20(25)22(26)30)13-7-4-5-8-15-28/h6,10-12,17-20,28H,4-5,7-9,13-16H2,1-3H3/t18-,19-,20?,24+,25-/m0/s1. The van der Waals surface area contributed by atoms with Gasteiger partial charge in [0.1, 0.15) is 17.6 Å². The lowest BCUT2D eigenvalue weighted by molar-refractivity contribution is -0.160. The number of fused-ring (bicyclic) bond motifs is 2. The first-order chi connectivity index (χ1) is 15.8. The summed E-state index contributed by atoms with van der Waals surface area (Å²) in [6, 6.07) is -0.853. The number of likely N-dealkylation sites (tertiary alicyclic amines) is 1. The van der Waals surface area contributed by atoms with Crippen LogP contribution >= 0.6 is 0 Å². The summed E-state index contributed by atoms with van der Waals surface area (Å²) >= 11 is 0. The Kier molecular flexibility index (Phi) is 6.69. The van der Waals surface area contributed by atoms with Crippen LogP contribution in [0.15, 0.2) is 24.3 Å². The normalized spacial score (nSPS) is 35.8. The zero-order valence-corrected chi connectivity index (χ0v) is 19.9. The molecule has 182 valence electrons. The molecular formula is C25H36N2O6. The minimum absolute atomic E-state index is 0.0339. The number of nitrogens with zero attached hydrogens (tertiary/aromatic N) is 2. The molecule has 4 aliphatic heterocycles. The highest BCUT2D eigenvalue weighted by Gasteiger charge is 2.74. The molecule has 33 heavy (non-hydrogen) atoms. The number of hydrogen-bond acceptors (Lipinski definition) is 6. The number of carbonyl (C=O) groups excluding carboxylic acids is 3. The fourth-order valence-electron chi connectivity index (χ4n) is 5.96. The van der Waals surface area contributed by atoms with E-state index in [9.17, 15) is 14.4 Å². The van der Waals surface area contributed by atoms with Gasteiger partial charge in [0.15, 0.2) is 0 Å². The van der Waals surface area contributed by atoms with Crippen molar-refractivity contribution in [2.45, 2.75) is 76.2 Å². The first kappa shape index (κ1) is 24.0. The summed E-state index contributed by atoms with van der Waals surface area (Å²) in [6.07, 6.45) is 11.3. The van der Waals surface area contributed by atoms with E-state index in [0.29, 0.717) is 25.9 Å². The van der Waals surface area contributed by atoms with Crippen LogP contribution in [-0.4, -0.2) is 82.3 Å². The first-order valence-corrected chi connectivity index (χ1v) is 12.2. The van der Waals surface area contributed by atoms with E-state index in [1.54, 1.807) is 9.80 Å². The van der Waals surface area contributed by atoms with Crippen LogP contribution in [0.1, 0.15) is 52.9 Å². The molecule has 4 heterocycles. The molecule has 0 aromatic rings. The van der Waals surface area contributed by atoms with Crippen LogP contribution in [0, 0.1) is 11.8 Å². The van der Waals surface area contributed by atoms with Crippen LogP contribution in [0.4, 0.5) is 0 Å². The van der Waals surface area contributed by atoms with Crippen molar-refractivity contribution < 1.29 is 29.0 Å². The molecule has 0 aromatic carbocycles. The maximum Gasteiger partial charge on any atom is 0.313 e. The third-order valence-electron chi connectivity index (χ3n) is 7.48. The summed E-state index contributed by atoms with van der Waals surface area (Å²) < 4.78 is 12.2. The Morgan fingerprint density at radius 2 is 1.82 bits per heavy atom. The molecule has 2 fully saturated rings. The van der Waals surface area contributed by atoms with Crippen molar-refractivity contribution in [3.63, 3.8) is 0 Å². The fraction of sp³-hybridized carbons (Fsp3) is 0.720. The Morgan fingerprint density at radius 1 is 1.06 bits per heavy atom. The second-order valence-electron chi connectivity index (χ2n) is 10.0. The lowest BCUT2D eigenvalue weighted by Gasteiger charge is -2.38. The van der Waals surface area contributed by atoms with Gasteiger partial charge in [-0.1, -0.05) is 37.1 Å². The Morgan fingerprint density at radius 3 is 2.55 bits per heavy atom. The second-order valence-corrected chi connectivity index (χ2v) is 10.0.